The Hall–Kier alpha value is -3.78. The number of ether oxygens (including phenoxy) is 4. The fourth-order valence-electron chi connectivity index (χ4n) is 3.76. The van der Waals surface area contributed by atoms with Gasteiger partial charge in [0.1, 0.15) is 0 Å². The molecule has 1 heterocycles. The first kappa shape index (κ1) is 23.9. The van der Waals surface area contributed by atoms with Crippen LogP contribution in [0.4, 0.5) is 0 Å². The zero-order chi connectivity index (χ0) is 24.0. The van der Waals surface area contributed by atoms with E-state index in [2.05, 4.69) is 0 Å². The Morgan fingerprint density at radius 1 is 1.03 bits per heavy atom. The SMILES string of the molecule is COCCN1C(=O)C(O)=C(C(=O)/C=C/c2ccccc2)C1c1cc(OC)c(OC)c(OC)c1. The van der Waals surface area contributed by atoms with E-state index in [1.807, 2.05) is 30.3 Å². The fourth-order valence-corrected chi connectivity index (χ4v) is 3.76. The van der Waals surface area contributed by atoms with E-state index in [1.165, 1.54) is 39.4 Å². The molecule has 2 aromatic carbocycles. The van der Waals surface area contributed by atoms with Gasteiger partial charge in [-0.05, 0) is 29.3 Å². The average Bonchev–Trinajstić information content (AvgIpc) is 3.10. The molecule has 8 heteroatoms. The topological polar surface area (TPSA) is 94.5 Å². The molecular formula is C25H27NO7. The summed E-state index contributed by atoms with van der Waals surface area (Å²) in [6.45, 7) is 0.390. The summed E-state index contributed by atoms with van der Waals surface area (Å²) in [6, 6.07) is 11.7. The molecule has 174 valence electrons. The van der Waals surface area contributed by atoms with E-state index < -0.39 is 23.5 Å². The number of methoxy groups -OCH3 is 4. The number of allylic oxidation sites excluding steroid dienone is 1. The van der Waals surface area contributed by atoms with Gasteiger partial charge in [-0.25, -0.2) is 0 Å². The number of aliphatic hydroxyl groups excluding tert-OH is 1. The van der Waals surface area contributed by atoms with Crippen molar-refractivity contribution in [1.82, 2.24) is 4.90 Å². The summed E-state index contributed by atoms with van der Waals surface area (Å²) in [5.74, 6) is -0.618. The van der Waals surface area contributed by atoms with Gasteiger partial charge in [-0.3, -0.25) is 9.59 Å². The monoisotopic (exact) mass is 453 g/mol. The van der Waals surface area contributed by atoms with Gasteiger partial charge in [-0.2, -0.15) is 0 Å². The second-order valence-electron chi connectivity index (χ2n) is 7.22. The molecule has 1 amide bonds. The molecule has 3 rings (SSSR count). The summed E-state index contributed by atoms with van der Waals surface area (Å²) in [5, 5.41) is 10.7. The fraction of sp³-hybridized carbons (Fsp3) is 0.280. The lowest BCUT2D eigenvalue weighted by Gasteiger charge is -2.27. The minimum atomic E-state index is -0.866. The number of benzene rings is 2. The Labute approximate surface area is 192 Å². The van der Waals surface area contributed by atoms with Crippen LogP contribution in [0.3, 0.4) is 0 Å². The number of carbonyl (C=O) groups is 2. The third kappa shape index (κ3) is 4.85. The molecule has 0 aromatic heterocycles. The van der Waals surface area contributed by atoms with Gasteiger partial charge in [-0.1, -0.05) is 36.4 Å². The zero-order valence-electron chi connectivity index (χ0n) is 19.0. The van der Waals surface area contributed by atoms with Crippen LogP contribution in [0.2, 0.25) is 0 Å². The third-order valence-corrected chi connectivity index (χ3v) is 5.33. The number of amides is 1. The lowest BCUT2D eigenvalue weighted by atomic mass is 9.95. The Balaban J connectivity index is 2.10. The summed E-state index contributed by atoms with van der Waals surface area (Å²) in [4.78, 5) is 27.5. The largest absolute Gasteiger partial charge is 0.503 e. The van der Waals surface area contributed by atoms with E-state index in [9.17, 15) is 14.7 Å². The van der Waals surface area contributed by atoms with Crippen LogP contribution in [0.1, 0.15) is 17.2 Å². The van der Waals surface area contributed by atoms with Gasteiger partial charge in [0.25, 0.3) is 5.91 Å². The van der Waals surface area contributed by atoms with E-state index in [0.29, 0.717) is 22.8 Å². The maximum Gasteiger partial charge on any atom is 0.290 e. The first-order valence-corrected chi connectivity index (χ1v) is 10.3. The molecule has 1 N–H and O–H groups in total. The highest BCUT2D eigenvalue weighted by molar-refractivity contribution is 6.14. The van der Waals surface area contributed by atoms with Gasteiger partial charge < -0.3 is 29.0 Å². The maximum atomic E-state index is 13.2. The summed E-state index contributed by atoms with van der Waals surface area (Å²) < 4.78 is 21.4. The van der Waals surface area contributed by atoms with Crippen LogP contribution < -0.4 is 14.2 Å². The van der Waals surface area contributed by atoms with Crippen LogP contribution in [-0.2, 0) is 14.3 Å². The molecule has 1 aliphatic rings. The predicted octanol–water partition coefficient (Wildman–Crippen LogP) is 3.34. The van der Waals surface area contributed by atoms with Crippen LogP contribution in [0.5, 0.6) is 17.2 Å². The molecule has 1 atom stereocenters. The lowest BCUT2D eigenvalue weighted by Crippen LogP contribution is -2.33. The van der Waals surface area contributed by atoms with Crippen molar-refractivity contribution >= 4 is 17.8 Å². The van der Waals surface area contributed by atoms with Crippen LogP contribution >= 0.6 is 0 Å². The molecule has 8 nitrogen and oxygen atoms in total. The Bertz CT molecular complexity index is 1050. The minimum Gasteiger partial charge on any atom is -0.503 e. The smallest absolute Gasteiger partial charge is 0.290 e. The molecule has 2 aromatic rings. The van der Waals surface area contributed by atoms with Gasteiger partial charge in [0.05, 0.1) is 39.6 Å². The van der Waals surface area contributed by atoms with Crippen LogP contribution in [-0.4, -0.2) is 63.3 Å². The molecule has 0 bridgehead atoms. The van der Waals surface area contributed by atoms with Crippen molar-refractivity contribution in [3.8, 4) is 17.2 Å². The average molecular weight is 453 g/mol. The van der Waals surface area contributed by atoms with Crippen LogP contribution in [0.25, 0.3) is 6.08 Å². The number of aliphatic hydroxyl groups is 1. The van der Waals surface area contributed by atoms with Crippen molar-refractivity contribution in [2.75, 3.05) is 41.6 Å². The summed E-state index contributed by atoms with van der Waals surface area (Å²) >= 11 is 0. The lowest BCUT2D eigenvalue weighted by molar-refractivity contribution is -0.130. The van der Waals surface area contributed by atoms with Gasteiger partial charge in [0, 0.05) is 13.7 Å². The highest BCUT2D eigenvalue weighted by Crippen LogP contribution is 2.45. The molecule has 0 saturated carbocycles. The van der Waals surface area contributed by atoms with E-state index in [4.69, 9.17) is 18.9 Å². The number of nitrogens with zero attached hydrogens (tertiary/aromatic N) is 1. The van der Waals surface area contributed by atoms with E-state index in [0.717, 1.165) is 5.56 Å². The van der Waals surface area contributed by atoms with Crippen LogP contribution in [0.15, 0.2) is 59.9 Å². The third-order valence-electron chi connectivity index (χ3n) is 5.33. The van der Waals surface area contributed by atoms with Crippen molar-refractivity contribution in [3.05, 3.63) is 71.0 Å². The first-order valence-electron chi connectivity index (χ1n) is 10.3. The maximum absolute atomic E-state index is 13.2. The van der Waals surface area contributed by atoms with E-state index in [-0.39, 0.29) is 18.7 Å². The number of carbonyl (C=O) groups excluding carboxylic acids is 2. The second-order valence-corrected chi connectivity index (χ2v) is 7.22. The molecule has 0 saturated heterocycles. The van der Waals surface area contributed by atoms with Gasteiger partial charge in [-0.15, -0.1) is 0 Å². The van der Waals surface area contributed by atoms with Crippen LogP contribution in [0, 0.1) is 0 Å². The number of ketones is 1. The van der Waals surface area contributed by atoms with Crippen molar-refractivity contribution < 1.29 is 33.6 Å². The van der Waals surface area contributed by atoms with Crippen molar-refractivity contribution in [3.63, 3.8) is 0 Å². The molecule has 33 heavy (non-hydrogen) atoms. The Morgan fingerprint density at radius 3 is 2.21 bits per heavy atom. The number of hydrogen-bond acceptors (Lipinski definition) is 7. The zero-order valence-corrected chi connectivity index (χ0v) is 19.0. The highest BCUT2D eigenvalue weighted by Gasteiger charge is 2.43. The number of hydrogen-bond donors (Lipinski definition) is 1. The first-order chi connectivity index (χ1) is 16.0. The Morgan fingerprint density at radius 2 is 1.67 bits per heavy atom. The van der Waals surface area contributed by atoms with E-state index >= 15 is 0 Å². The van der Waals surface area contributed by atoms with Crippen molar-refractivity contribution in [2.24, 2.45) is 0 Å². The summed E-state index contributed by atoms with van der Waals surface area (Å²) in [6.07, 6.45) is 2.98. The molecular weight excluding hydrogens is 426 g/mol. The van der Waals surface area contributed by atoms with Crippen molar-refractivity contribution in [2.45, 2.75) is 6.04 Å². The normalized spacial score (nSPS) is 15.9. The predicted molar refractivity (Wildman–Crippen MR) is 123 cm³/mol. The number of rotatable bonds is 10. The summed E-state index contributed by atoms with van der Waals surface area (Å²) in [7, 11) is 5.95. The Kier molecular flexibility index (Phi) is 7.74. The van der Waals surface area contributed by atoms with E-state index in [1.54, 1.807) is 18.2 Å². The minimum absolute atomic E-state index is 0.0300. The van der Waals surface area contributed by atoms with Gasteiger partial charge in [0.2, 0.25) is 5.75 Å². The molecule has 0 radical (unpaired) electrons. The quantitative estimate of drug-likeness (QED) is 0.552. The molecule has 1 unspecified atom stereocenters. The van der Waals surface area contributed by atoms with Gasteiger partial charge >= 0.3 is 0 Å². The second kappa shape index (κ2) is 10.7. The molecule has 1 aliphatic heterocycles. The molecule has 0 spiro atoms. The molecule has 0 fully saturated rings. The summed E-state index contributed by atoms with van der Waals surface area (Å²) in [5.41, 5.74) is 1.31. The molecule has 0 aliphatic carbocycles. The van der Waals surface area contributed by atoms with Crippen molar-refractivity contribution in [1.29, 1.82) is 0 Å². The standard InChI is InChI=1S/C25H27NO7/c1-30-13-12-26-22(17-14-19(31-2)24(33-4)20(15-17)32-3)21(23(28)25(26)29)18(27)11-10-16-8-6-5-7-9-16/h5-11,14-15,22,28H,12-13H2,1-4H3/b11-10+. The highest BCUT2D eigenvalue weighted by atomic mass is 16.5. The van der Waals surface area contributed by atoms with Gasteiger partial charge in [0.15, 0.2) is 23.0 Å².